The van der Waals surface area contributed by atoms with E-state index in [2.05, 4.69) is 5.16 Å². The molecule has 118 valence electrons. The zero-order chi connectivity index (χ0) is 16.6. The van der Waals surface area contributed by atoms with Crippen molar-refractivity contribution in [1.29, 1.82) is 0 Å². The van der Waals surface area contributed by atoms with Crippen molar-refractivity contribution in [3.05, 3.63) is 63.6 Å². The van der Waals surface area contributed by atoms with Gasteiger partial charge in [0, 0.05) is 22.2 Å². The molecule has 0 bridgehead atoms. The Kier molecular flexibility index (Phi) is 4.35. The first-order valence-corrected chi connectivity index (χ1v) is 7.26. The minimum Gasteiger partial charge on any atom is -0.391 e. The quantitative estimate of drug-likeness (QED) is 0.711. The summed E-state index contributed by atoms with van der Waals surface area (Å²) < 4.78 is 32.0. The van der Waals surface area contributed by atoms with Crippen LogP contribution < -0.4 is 0 Å². The van der Waals surface area contributed by atoms with Crippen molar-refractivity contribution in [2.45, 2.75) is 6.61 Å². The number of halogens is 4. The normalized spacial score (nSPS) is 11.0. The highest BCUT2D eigenvalue weighted by Gasteiger charge is 2.21. The van der Waals surface area contributed by atoms with Crippen molar-refractivity contribution in [1.82, 2.24) is 5.16 Å². The van der Waals surface area contributed by atoms with Gasteiger partial charge in [-0.15, -0.1) is 0 Å². The lowest BCUT2D eigenvalue weighted by Gasteiger charge is -2.04. The lowest BCUT2D eigenvalue weighted by atomic mass is 10.0. The van der Waals surface area contributed by atoms with Crippen LogP contribution >= 0.6 is 23.2 Å². The highest BCUT2D eigenvalue weighted by molar-refractivity contribution is 6.35. The van der Waals surface area contributed by atoms with E-state index in [0.717, 1.165) is 18.2 Å². The van der Waals surface area contributed by atoms with Gasteiger partial charge in [-0.1, -0.05) is 28.4 Å². The molecule has 3 nitrogen and oxygen atoms in total. The molecule has 0 fully saturated rings. The van der Waals surface area contributed by atoms with Crippen LogP contribution in [-0.4, -0.2) is 10.3 Å². The van der Waals surface area contributed by atoms with Crippen LogP contribution in [0, 0.1) is 11.6 Å². The van der Waals surface area contributed by atoms with E-state index in [1.165, 1.54) is 0 Å². The monoisotopic (exact) mass is 355 g/mol. The summed E-state index contributed by atoms with van der Waals surface area (Å²) in [5.74, 6) is -1.46. The summed E-state index contributed by atoms with van der Waals surface area (Å²) >= 11 is 12.1. The maximum atomic E-state index is 13.4. The number of aliphatic hydroxyl groups excluding tert-OH is 1. The Balaban J connectivity index is 2.19. The molecule has 0 radical (unpaired) electrons. The minimum absolute atomic E-state index is 0.0666. The van der Waals surface area contributed by atoms with Crippen molar-refractivity contribution in [2.24, 2.45) is 0 Å². The van der Waals surface area contributed by atoms with Crippen molar-refractivity contribution in [3.8, 4) is 22.6 Å². The highest BCUT2D eigenvalue weighted by atomic mass is 35.5. The van der Waals surface area contributed by atoms with Gasteiger partial charge in [0.05, 0.1) is 17.2 Å². The van der Waals surface area contributed by atoms with E-state index in [0.29, 0.717) is 15.6 Å². The second-order valence-corrected chi connectivity index (χ2v) is 5.62. The number of aliphatic hydroxyl groups is 1. The number of hydrogen-bond donors (Lipinski definition) is 1. The van der Waals surface area contributed by atoms with E-state index in [9.17, 15) is 13.9 Å². The summed E-state index contributed by atoms with van der Waals surface area (Å²) in [5, 5.41) is 14.3. The van der Waals surface area contributed by atoms with Crippen LogP contribution in [0.4, 0.5) is 8.78 Å². The third-order valence-electron chi connectivity index (χ3n) is 3.25. The SMILES string of the molecule is OCc1c(-c2cc(Cl)ccc2Cl)noc1-c1cc(F)cc(F)c1. The molecule has 1 aromatic heterocycles. The Morgan fingerprint density at radius 3 is 2.39 bits per heavy atom. The molecule has 0 atom stereocenters. The molecule has 2 aromatic carbocycles. The van der Waals surface area contributed by atoms with E-state index in [4.69, 9.17) is 27.7 Å². The first kappa shape index (κ1) is 15.9. The number of benzene rings is 2. The molecule has 3 rings (SSSR count). The maximum absolute atomic E-state index is 13.4. The van der Waals surface area contributed by atoms with Gasteiger partial charge in [0.25, 0.3) is 0 Å². The molecule has 0 saturated heterocycles. The summed E-state index contributed by atoms with van der Waals surface area (Å²) in [4.78, 5) is 0. The van der Waals surface area contributed by atoms with E-state index in [-0.39, 0.29) is 22.6 Å². The fraction of sp³-hybridized carbons (Fsp3) is 0.0625. The van der Waals surface area contributed by atoms with Crippen LogP contribution in [0.15, 0.2) is 40.9 Å². The Labute approximate surface area is 140 Å². The van der Waals surface area contributed by atoms with Gasteiger partial charge < -0.3 is 9.63 Å². The summed E-state index contributed by atoms with van der Waals surface area (Å²) in [6.45, 7) is -0.449. The Bertz CT molecular complexity index is 860. The topological polar surface area (TPSA) is 46.3 Å². The van der Waals surface area contributed by atoms with Gasteiger partial charge in [-0.05, 0) is 30.3 Å². The number of rotatable bonds is 3. The zero-order valence-corrected chi connectivity index (χ0v) is 13.0. The van der Waals surface area contributed by atoms with Gasteiger partial charge in [-0.25, -0.2) is 8.78 Å². The van der Waals surface area contributed by atoms with Crippen LogP contribution in [0.1, 0.15) is 5.56 Å². The van der Waals surface area contributed by atoms with Gasteiger partial charge >= 0.3 is 0 Å². The average molecular weight is 356 g/mol. The van der Waals surface area contributed by atoms with Crippen LogP contribution in [0.5, 0.6) is 0 Å². The second-order valence-electron chi connectivity index (χ2n) is 4.78. The third-order valence-corrected chi connectivity index (χ3v) is 3.82. The fourth-order valence-corrected chi connectivity index (χ4v) is 2.64. The predicted molar refractivity (Wildman–Crippen MR) is 83.2 cm³/mol. The summed E-state index contributed by atoms with van der Waals surface area (Å²) in [5.41, 5.74) is 1.11. The van der Waals surface area contributed by atoms with Crippen LogP contribution in [-0.2, 0) is 6.61 Å². The molecule has 0 aliphatic carbocycles. The molecule has 0 aliphatic heterocycles. The third kappa shape index (κ3) is 3.08. The van der Waals surface area contributed by atoms with E-state index < -0.39 is 18.2 Å². The number of hydrogen-bond acceptors (Lipinski definition) is 3. The Morgan fingerprint density at radius 1 is 1.04 bits per heavy atom. The molecule has 7 heteroatoms. The lowest BCUT2D eigenvalue weighted by Crippen LogP contribution is -1.91. The van der Waals surface area contributed by atoms with Crippen molar-refractivity contribution in [3.63, 3.8) is 0 Å². The standard InChI is InChI=1S/C16H9Cl2F2NO2/c17-9-1-2-14(18)12(5-9)15-13(7-22)16(23-21-15)8-3-10(19)6-11(20)4-8/h1-6,22H,7H2. The van der Waals surface area contributed by atoms with Gasteiger partial charge in [0.1, 0.15) is 17.3 Å². The van der Waals surface area contributed by atoms with E-state index in [1.54, 1.807) is 18.2 Å². The smallest absolute Gasteiger partial charge is 0.173 e. The van der Waals surface area contributed by atoms with Crippen LogP contribution in [0.25, 0.3) is 22.6 Å². The molecule has 1 N–H and O–H groups in total. The average Bonchev–Trinajstić information content (AvgIpc) is 2.92. The molecule has 0 unspecified atom stereocenters. The molecule has 0 spiro atoms. The number of nitrogens with zero attached hydrogens (tertiary/aromatic N) is 1. The molecule has 0 saturated carbocycles. The van der Waals surface area contributed by atoms with Crippen molar-refractivity contribution < 1.29 is 18.4 Å². The first-order chi connectivity index (χ1) is 11.0. The van der Waals surface area contributed by atoms with Gasteiger partial charge in [0.2, 0.25) is 0 Å². The van der Waals surface area contributed by atoms with Crippen molar-refractivity contribution in [2.75, 3.05) is 0 Å². The highest BCUT2D eigenvalue weighted by Crippen LogP contribution is 2.37. The number of aromatic nitrogens is 1. The Morgan fingerprint density at radius 2 is 1.74 bits per heavy atom. The van der Waals surface area contributed by atoms with Crippen molar-refractivity contribution >= 4 is 23.2 Å². The first-order valence-electron chi connectivity index (χ1n) is 6.51. The van der Waals surface area contributed by atoms with E-state index in [1.807, 2.05) is 0 Å². The molecule has 1 heterocycles. The molecule has 0 amide bonds. The van der Waals surface area contributed by atoms with Crippen LogP contribution in [0.2, 0.25) is 10.0 Å². The predicted octanol–water partition coefficient (Wildman–Crippen LogP) is 5.09. The van der Waals surface area contributed by atoms with Gasteiger partial charge in [-0.2, -0.15) is 0 Å². The summed E-state index contributed by atoms with van der Waals surface area (Å²) in [7, 11) is 0. The second kappa shape index (κ2) is 6.28. The summed E-state index contributed by atoms with van der Waals surface area (Å²) in [6.07, 6.45) is 0. The molecule has 0 aliphatic rings. The van der Waals surface area contributed by atoms with E-state index >= 15 is 0 Å². The maximum Gasteiger partial charge on any atom is 0.173 e. The molecule has 3 aromatic rings. The summed E-state index contributed by atoms with van der Waals surface area (Å²) in [6, 6.07) is 7.67. The van der Waals surface area contributed by atoms with Gasteiger partial charge in [-0.3, -0.25) is 0 Å². The molecular weight excluding hydrogens is 347 g/mol. The largest absolute Gasteiger partial charge is 0.391 e. The van der Waals surface area contributed by atoms with Crippen LogP contribution in [0.3, 0.4) is 0 Å². The molecule has 23 heavy (non-hydrogen) atoms. The molecular formula is C16H9Cl2F2NO2. The Hall–Kier alpha value is -1.95. The zero-order valence-electron chi connectivity index (χ0n) is 11.5. The lowest BCUT2D eigenvalue weighted by molar-refractivity contribution is 0.281. The minimum atomic E-state index is -0.761. The fourth-order valence-electron chi connectivity index (χ4n) is 2.26. The van der Waals surface area contributed by atoms with Gasteiger partial charge in [0.15, 0.2) is 5.76 Å².